The summed E-state index contributed by atoms with van der Waals surface area (Å²) >= 11 is 0. The van der Waals surface area contributed by atoms with E-state index in [9.17, 15) is 8.78 Å². The molecule has 1 atom stereocenters. The summed E-state index contributed by atoms with van der Waals surface area (Å²) in [5.74, 6) is -2.43. The molecule has 4 aromatic heterocycles. The summed E-state index contributed by atoms with van der Waals surface area (Å²) in [5, 5.41) is 14.7. The van der Waals surface area contributed by atoms with Gasteiger partial charge in [0.1, 0.15) is 17.6 Å². The van der Waals surface area contributed by atoms with Crippen molar-refractivity contribution in [3.05, 3.63) is 48.9 Å². The van der Waals surface area contributed by atoms with Gasteiger partial charge in [-0.3, -0.25) is 4.68 Å². The first kappa shape index (κ1) is 18.4. The second-order valence-corrected chi connectivity index (χ2v) is 8.07. The topological polar surface area (TPSA) is 85.0 Å². The highest BCUT2D eigenvalue weighted by molar-refractivity contribution is 5.64. The minimum Gasteiger partial charge on any atom is -0.360 e. The van der Waals surface area contributed by atoms with Gasteiger partial charge in [-0.2, -0.15) is 10.2 Å². The first-order valence-corrected chi connectivity index (χ1v) is 10.3. The van der Waals surface area contributed by atoms with Gasteiger partial charge in [0.25, 0.3) is 5.92 Å². The normalized spacial score (nSPS) is 20.4. The molecule has 0 radical (unpaired) electrons. The molecule has 8 nitrogen and oxygen atoms in total. The van der Waals surface area contributed by atoms with E-state index in [-0.39, 0.29) is 13.1 Å². The highest BCUT2D eigenvalue weighted by atomic mass is 19.3. The average molecular weight is 422 g/mol. The van der Waals surface area contributed by atoms with Gasteiger partial charge >= 0.3 is 0 Å². The lowest BCUT2D eigenvalue weighted by atomic mass is 10.2. The number of nitrogens with zero attached hydrogens (tertiary/aromatic N) is 6. The minimum atomic E-state index is -2.82. The van der Waals surface area contributed by atoms with Crippen LogP contribution in [-0.4, -0.2) is 54.4 Å². The Kier molecular flexibility index (Phi) is 4.04. The van der Waals surface area contributed by atoms with Gasteiger partial charge < -0.3 is 10.6 Å². The standard InChI is InChI=1S/C21H20F2N8/c22-21(23)12-24-10-18(21)28-19-3-1-2-16(27-19)17-9-25-20-7-6-15(29-31(17)20)13-8-26-30(11-13)14-4-5-14/h1-3,6-9,11,14,18,24H,4-5,10,12H2,(H,27,28). The van der Waals surface area contributed by atoms with Crippen molar-refractivity contribution in [2.45, 2.75) is 30.8 Å². The van der Waals surface area contributed by atoms with E-state index in [0.29, 0.717) is 28.9 Å². The number of pyridine rings is 1. The summed E-state index contributed by atoms with van der Waals surface area (Å²) in [6, 6.07) is 8.61. The molecule has 1 unspecified atom stereocenters. The molecule has 5 heterocycles. The van der Waals surface area contributed by atoms with Crippen molar-refractivity contribution in [2.75, 3.05) is 18.4 Å². The fraction of sp³-hybridized carbons (Fsp3) is 0.333. The van der Waals surface area contributed by atoms with Crippen molar-refractivity contribution in [1.29, 1.82) is 0 Å². The van der Waals surface area contributed by atoms with Crippen molar-refractivity contribution in [2.24, 2.45) is 0 Å². The fourth-order valence-electron chi connectivity index (χ4n) is 3.86. The van der Waals surface area contributed by atoms with Gasteiger partial charge in [0.2, 0.25) is 0 Å². The van der Waals surface area contributed by atoms with E-state index in [2.05, 4.69) is 25.7 Å². The Hall–Kier alpha value is -3.40. The Bertz CT molecular complexity index is 1260. The Morgan fingerprint density at radius 1 is 1.10 bits per heavy atom. The molecule has 31 heavy (non-hydrogen) atoms. The molecule has 2 fully saturated rings. The number of hydrogen-bond donors (Lipinski definition) is 2. The van der Waals surface area contributed by atoms with E-state index >= 15 is 0 Å². The van der Waals surface area contributed by atoms with E-state index in [4.69, 9.17) is 5.10 Å². The van der Waals surface area contributed by atoms with Crippen LogP contribution >= 0.6 is 0 Å². The SMILES string of the molecule is FC1(F)CNCC1Nc1cccc(-c2cnc3ccc(-c4cnn(C5CC5)c4)nn23)n1. The van der Waals surface area contributed by atoms with Gasteiger partial charge in [-0.1, -0.05) is 6.07 Å². The predicted molar refractivity (Wildman–Crippen MR) is 111 cm³/mol. The number of rotatable bonds is 5. The highest BCUT2D eigenvalue weighted by Crippen LogP contribution is 2.35. The zero-order valence-electron chi connectivity index (χ0n) is 16.5. The van der Waals surface area contributed by atoms with Crippen LogP contribution in [0.1, 0.15) is 18.9 Å². The number of fused-ring (bicyclic) bond motifs is 1. The molecular formula is C21H20F2N8. The van der Waals surface area contributed by atoms with Crippen LogP contribution in [0.3, 0.4) is 0 Å². The lowest BCUT2D eigenvalue weighted by Crippen LogP contribution is -2.38. The third-order valence-electron chi connectivity index (χ3n) is 5.73. The molecule has 2 N–H and O–H groups in total. The molecule has 1 saturated carbocycles. The van der Waals surface area contributed by atoms with Crippen LogP contribution in [0.2, 0.25) is 0 Å². The quantitative estimate of drug-likeness (QED) is 0.514. The van der Waals surface area contributed by atoms with Crippen LogP contribution in [-0.2, 0) is 0 Å². The number of anilines is 1. The highest BCUT2D eigenvalue weighted by Gasteiger charge is 2.44. The molecule has 6 rings (SSSR count). The van der Waals surface area contributed by atoms with Gasteiger partial charge in [0.05, 0.1) is 36.4 Å². The molecule has 158 valence electrons. The van der Waals surface area contributed by atoms with E-state index < -0.39 is 12.0 Å². The first-order valence-electron chi connectivity index (χ1n) is 10.3. The van der Waals surface area contributed by atoms with Crippen molar-refractivity contribution in [3.63, 3.8) is 0 Å². The minimum absolute atomic E-state index is 0.188. The third kappa shape index (κ3) is 3.32. The Morgan fingerprint density at radius 2 is 2.00 bits per heavy atom. The lowest BCUT2D eigenvalue weighted by molar-refractivity contribution is 0.0138. The molecule has 4 aromatic rings. The first-order chi connectivity index (χ1) is 15.1. The summed E-state index contributed by atoms with van der Waals surface area (Å²) < 4.78 is 31.6. The molecule has 1 aliphatic carbocycles. The number of aromatic nitrogens is 6. The van der Waals surface area contributed by atoms with Crippen LogP contribution < -0.4 is 10.6 Å². The van der Waals surface area contributed by atoms with Gasteiger partial charge in [-0.25, -0.2) is 23.3 Å². The molecule has 0 aromatic carbocycles. The molecule has 0 spiro atoms. The zero-order chi connectivity index (χ0) is 21.0. The molecular weight excluding hydrogens is 402 g/mol. The number of alkyl halides is 2. The Labute approximate surface area is 176 Å². The Morgan fingerprint density at radius 3 is 2.81 bits per heavy atom. The van der Waals surface area contributed by atoms with Crippen LogP contribution in [0.15, 0.2) is 48.9 Å². The molecule has 0 bridgehead atoms. The monoisotopic (exact) mass is 422 g/mol. The van der Waals surface area contributed by atoms with Gasteiger partial charge in [0, 0.05) is 18.3 Å². The molecule has 1 aliphatic heterocycles. The van der Waals surface area contributed by atoms with Gasteiger partial charge in [0.15, 0.2) is 5.65 Å². The summed E-state index contributed by atoms with van der Waals surface area (Å²) in [7, 11) is 0. The third-order valence-corrected chi connectivity index (χ3v) is 5.73. The van der Waals surface area contributed by atoms with Gasteiger partial charge in [-0.15, -0.1) is 0 Å². The molecule has 10 heteroatoms. The van der Waals surface area contributed by atoms with Crippen LogP contribution in [0.4, 0.5) is 14.6 Å². The predicted octanol–water partition coefficient (Wildman–Crippen LogP) is 3.01. The lowest BCUT2D eigenvalue weighted by Gasteiger charge is -2.19. The number of hydrogen-bond acceptors (Lipinski definition) is 6. The summed E-state index contributed by atoms with van der Waals surface area (Å²) in [6.45, 7) is -0.143. The smallest absolute Gasteiger partial charge is 0.281 e. The van der Waals surface area contributed by atoms with E-state index in [1.54, 1.807) is 22.8 Å². The average Bonchev–Trinajstić information content (AvgIpc) is 3.19. The molecule has 2 aliphatic rings. The summed E-state index contributed by atoms with van der Waals surface area (Å²) in [4.78, 5) is 8.96. The van der Waals surface area contributed by atoms with Crippen LogP contribution in [0, 0.1) is 0 Å². The van der Waals surface area contributed by atoms with Crippen molar-refractivity contribution in [1.82, 2.24) is 34.7 Å². The second-order valence-electron chi connectivity index (χ2n) is 8.07. The van der Waals surface area contributed by atoms with Crippen molar-refractivity contribution < 1.29 is 8.78 Å². The largest absolute Gasteiger partial charge is 0.360 e. The maximum absolute atomic E-state index is 14.0. The maximum atomic E-state index is 14.0. The Balaban J connectivity index is 1.33. The number of imidazole rings is 1. The zero-order valence-corrected chi connectivity index (χ0v) is 16.5. The van der Waals surface area contributed by atoms with E-state index in [1.807, 2.05) is 35.3 Å². The van der Waals surface area contributed by atoms with Crippen LogP contribution in [0.5, 0.6) is 0 Å². The second kappa shape index (κ2) is 6.81. The fourth-order valence-corrected chi connectivity index (χ4v) is 3.86. The summed E-state index contributed by atoms with van der Waals surface area (Å²) in [6.07, 6.45) is 7.86. The van der Waals surface area contributed by atoms with E-state index in [1.165, 1.54) is 0 Å². The summed E-state index contributed by atoms with van der Waals surface area (Å²) in [5.41, 5.74) is 3.69. The molecule has 1 saturated heterocycles. The number of nitrogens with one attached hydrogen (secondary N) is 2. The van der Waals surface area contributed by atoms with E-state index in [0.717, 1.165) is 24.1 Å². The van der Waals surface area contributed by atoms with Crippen molar-refractivity contribution in [3.8, 4) is 22.6 Å². The van der Waals surface area contributed by atoms with Crippen molar-refractivity contribution >= 4 is 11.5 Å². The maximum Gasteiger partial charge on any atom is 0.281 e. The molecule has 0 amide bonds. The van der Waals surface area contributed by atoms with Gasteiger partial charge in [-0.05, 0) is 37.1 Å². The van der Waals surface area contributed by atoms with Crippen LogP contribution in [0.25, 0.3) is 28.3 Å². The number of halogens is 2.